The van der Waals surface area contributed by atoms with Gasteiger partial charge in [-0.1, -0.05) is 23.2 Å². The lowest BCUT2D eigenvalue weighted by atomic mass is 10.1. The van der Waals surface area contributed by atoms with Crippen LogP contribution < -0.4 is 20.1 Å². The second kappa shape index (κ2) is 8.93. The predicted molar refractivity (Wildman–Crippen MR) is 107 cm³/mol. The summed E-state index contributed by atoms with van der Waals surface area (Å²) in [6.45, 7) is 0. The van der Waals surface area contributed by atoms with E-state index < -0.39 is 5.97 Å². The predicted octanol–water partition coefficient (Wildman–Crippen LogP) is 4.61. The fraction of sp³-hybridized carbons (Fsp3) is 0.176. The normalized spacial score (nSPS) is 10.0. The van der Waals surface area contributed by atoms with Crippen LogP contribution in [0.5, 0.6) is 11.5 Å². The maximum atomic E-state index is 12.1. The third-order valence-electron chi connectivity index (χ3n) is 3.35. The zero-order valence-corrected chi connectivity index (χ0v) is 16.5. The number of hydrogen-bond acceptors (Lipinski definition) is 5. The quantitative estimate of drug-likeness (QED) is 0.546. The number of hydrogen-bond donors (Lipinski definition) is 2. The molecule has 2 aromatic carbocycles. The highest BCUT2D eigenvalue weighted by atomic mass is 35.5. The fourth-order valence-electron chi connectivity index (χ4n) is 2.13. The van der Waals surface area contributed by atoms with E-state index in [-0.39, 0.29) is 10.7 Å². The molecule has 0 spiro atoms. The van der Waals surface area contributed by atoms with E-state index in [1.54, 1.807) is 24.3 Å². The van der Waals surface area contributed by atoms with Crippen molar-refractivity contribution >= 4 is 57.9 Å². The van der Waals surface area contributed by atoms with Crippen LogP contribution in [0.15, 0.2) is 30.3 Å². The van der Waals surface area contributed by atoms with Crippen LogP contribution in [0.25, 0.3) is 0 Å². The number of benzene rings is 2. The first-order valence-corrected chi connectivity index (χ1v) is 8.43. The Kier molecular flexibility index (Phi) is 6.90. The number of rotatable bonds is 5. The Balaban J connectivity index is 2.33. The van der Waals surface area contributed by atoms with Crippen LogP contribution in [-0.4, -0.2) is 32.4 Å². The molecule has 0 aromatic heterocycles. The third kappa shape index (κ3) is 4.69. The number of carbonyl (C=O) groups excluding carboxylic acids is 1. The highest BCUT2D eigenvalue weighted by Gasteiger charge is 2.18. The van der Waals surface area contributed by atoms with Gasteiger partial charge < -0.3 is 24.8 Å². The number of esters is 1. The molecule has 138 valence electrons. The smallest absolute Gasteiger partial charge is 0.340 e. The Morgan fingerprint density at radius 2 is 1.58 bits per heavy atom. The molecule has 0 unspecified atom stereocenters. The van der Waals surface area contributed by atoms with E-state index in [0.717, 1.165) is 0 Å². The number of methoxy groups -OCH3 is 3. The van der Waals surface area contributed by atoms with Crippen LogP contribution in [-0.2, 0) is 4.74 Å². The van der Waals surface area contributed by atoms with Gasteiger partial charge in [-0.3, -0.25) is 0 Å². The van der Waals surface area contributed by atoms with Crippen LogP contribution in [0.1, 0.15) is 10.4 Å². The van der Waals surface area contributed by atoms with Crippen molar-refractivity contribution in [2.24, 2.45) is 0 Å². The molecule has 0 heterocycles. The summed E-state index contributed by atoms with van der Waals surface area (Å²) in [7, 11) is 4.24. The molecular formula is C17H16Cl2N2O4S. The maximum absolute atomic E-state index is 12.1. The maximum Gasteiger partial charge on any atom is 0.340 e. The Hall–Kier alpha value is -2.22. The number of halogens is 2. The van der Waals surface area contributed by atoms with Gasteiger partial charge in [0.05, 0.1) is 43.3 Å². The minimum atomic E-state index is -0.558. The summed E-state index contributed by atoms with van der Waals surface area (Å²) in [4.78, 5) is 12.1. The summed E-state index contributed by atoms with van der Waals surface area (Å²) >= 11 is 17.4. The van der Waals surface area contributed by atoms with Gasteiger partial charge in [0.1, 0.15) is 0 Å². The van der Waals surface area contributed by atoms with Crippen LogP contribution in [0.3, 0.4) is 0 Å². The molecule has 0 aliphatic rings. The molecule has 6 nitrogen and oxygen atoms in total. The minimum absolute atomic E-state index is 0.200. The highest BCUT2D eigenvalue weighted by molar-refractivity contribution is 7.80. The van der Waals surface area contributed by atoms with E-state index in [1.165, 1.54) is 27.4 Å². The van der Waals surface area contributed by atoms with Crippen LogP contribution in [0.4, 0.5) is 11.4 Å². The van der Waals surface area contributed by atoms with Crippen molar-refractivity contribution in [1.82, 2.24) is 0 Å². The van der Waals surface area contributed by atoms with Crippen molar-refractivity contribution in [3.8, 4) is 11.5 Å². The first-order valence-electron chi connectivity index (χ1n) is 7.27. The molecule has 26 heavy (non-hydrogen) atoms. The van der Waals surface area contributed by atoms with Gasteiger partial charge in [0, 0.05) is 17.2 Å². The Morgan fingerprint density at radius 1 is 0.962 bits per heavy atom. The van der Waals surface area contributed by atoms with Gasteiger partial charge in [-0.25, -0.2) is 4.79 Å². The van der Waals surface area contributed by atoms with Crippen molar-refractivity contribution in [2.75, 3.05) is 32.0 Å². The van der Waals surface area contributed by atoms with E-state index in [1.807, 2.05) is 0 Å². The van der Waals surface area contributed by atoms with Gasteiger partial charge in [0.15, 0.2) is 16.6 Å². The van der Waals surface area contributed by atoms with Gasteiger partial charge in [-0.15, -0.1) is 0 Å². The zero-order chi connectivity index (χ0) is 19.3. The van der Waals surface area contributed by atoms with Crippen molar-refractivity contribution < 1.29 is 19.0 Å². The third-order valence-corrected chi connectivity index (χ3v) is 4.12. The molecule has 0 bridgehead atoms. The monoisotopic (exact) mass is 414 g/mol. The molecule has 0 aliphatic carbocycles. The lowest BCUT2D eigenvalue weighted by Gasteiger charge is -2.17. The first kappa shape index (κ1) is 20.1. The number of ether oxygens (including phenoxy) is 3. The molecule has 0 atom stereocenters. The number of carbonyl (C=O) groups is 1. The van der Waals surface area contributed by atoms with Crippen LogP contribution in [0.2, 0.25) is 10.0 Å². The summed E-state index contributed by atoms with van der Waals surface area (Å²) in [6.07, 6.45) is 0. The van der Waals surface area contributed by atoms with Crippen molar-refractivity contribution in [3.05, 3.63) is 45.9 Å². The first-order chi connectivity index (χ1) is 12.4. The molecule has 0 radical (unpaired) electrons. The average Bonchev–Trinajstić information content (AvgIpc) is 2.63. The minimum Gasteiger partial charge on any atom is -0.493 e. The summed E-state index contributed by atoms with van der Waals surface area (Å²) in [6, 6.07) is 8.02. The topological polar surface area (TPSA) is 68.8 Å². The summed E-state index contributed by atoms with van der Waals surface area (Å²) in [5.41, 5.74) is 1.13. The second-order valence-corrected chi connectivity index (χ2v) is 6.20. The summed E-state index contributed by atoms with van der Waals surface area (Å²) in [5.74, 6) is 0.249. The Bertz CT molecular complexity index is 846. The second-order valence-electron chi connectivity index (χ2n) is 4.95. The molecule has 2 aromatic rings. The van der Waals surface area contributed by atoms with Crippen LogP contribution in [0, 0.1) is 0 Å². The fourth-order valence-corrected chi connectivity index (χ4v) is 2.69. The average molecular weight is 415 g/mol. The van der Waals surface area contributed by atoms with Crippen LogP contribution >= 0.6 is 35.4 Å². The molecule has 9 heteroatoms. The highest BCUT2D eigenvalue weighted by Crippen LogP contribution is 2.34. The summed E-state index contributed by atoms with van der Waals surface area (Å²) in [5, 5.41) is 7.00. The van der Waals surface area contributed by atoms with E-state index in [0.29, 0.717) is 32.9 Å². The van der Waals surface area contributed by atoms with Gasteiger partial charge in [0.25, 0.3) is 0 Å². The van der Waals surface area contributed by atoms with Crippen molar-refractivity contribution in [3.63, 3.8) is 0 Å². The number of thiocarbonyl (C=S) groups is 1. The van der Waals surface area contributed by atoms with Crippen molar-refractivity contribution in [2.45, 2.75) is 0 Å². The van der Waals surface area contributed by atoms with Gasteiger partial charge >= 0.3 is 5.97 Å². The Labute approximate surface area is 166 Å². The lowest BCUT2D eigenvalue weighted by Crippen LogP contribution is -2.21. The van der Waals surface area contributed by atoms with Gasteiger partial charge in [-0.2, -0.15) is 0 Å². The molecule has 0 fully saturated rings. The van der Waals surface area contributed by atoms with E-state index in [9.17, 15) is 4.79 Å². The molecule has 2 N–H and O–H groups in total. The largest absolute Gasteiger partial charge is 0.493 e. The molecule has 0 saturated heterocycles. The number of anilines is 2. The van der Waals surface area contributed by atoms with Crippen molar-refractivity contribution in [1.29, 1.82) is 0 Å². The molecule has 0 saturated carbocycles. The van der Waals surface area contributed by atoms with E-state index in [2.05, 4.69) is 10.6 Å². The van der Waals surface area contributed by atoms with E-state index in [4.69, 9.17) is 49.6 Å². The zero-order valence-electron chi connectivity index (χ0n) is 14.2. The molecule has 0 amide bonds. The standard InChI is InChI=1S/C17H16Cl2N2O4S/c1-23-14-7-10(16(22)25-3)12(8-15(14)24-2)20-17(26)21-13-6-9(18)4-5-11(13)19/h4-8H,1-3H3,(H2,20,21,26). The van der Waals surface area contributed by atoms with Gasteiger partial charge in [0.2, 0.25) is 0 Å². The molecular weight excluding hydrogens is 399 g/mol. The molecule has 2 rings (SSSR count). The molecule has 0 aliphatic heterocycles. The van der Waals surface area contributed by atoms with Gasteiger partial charge in [-0.05, 0) is 30.4 Å². The number of nitrogens with one attached hydrogen (secondary N) is 2. The van der Waals surface area contributed by atoms with E-state index >= 15 is 0 Å². The summed E-state index contributed by atoms with van der Waals surface area (Å²) < 4.78 is 15.3. The SMILES string of the molecule is COC(=O)c1cc(OC)c(OC)cc1NC(=S)Nc1cc(Cl)ccc1Cl. The lowest BCUT2D eigenvalue weighted by molar-refractivity contribution is 0.0601. The Morgan fingerprint density at radius 3 is 2.19 bits per heavy atom.